The van der Waals surface area contributed by atoms with Crippen LogP contribution in [0.25, 0.3) is 11.1 Å². The number of rotatable bonds is 6. The minimum Gasteiger partial charge on any atom is -0.372 e. The normalized spacial score (nSPS) is 16.5. The molecule has 27 heavy (non-hydrogen) atoms. The van der Waals surface area contributed by atoms with Crippen LogP contribution >= 0.6 is 0 Å². The Kier molecular flexibility index (Phi) is 6.12. The maximum absolute atomic E-state index is 12.6. The molecule has 0 aliphatic carbocycles. The Morgan fingerprint density at radius 3 is 2.52 bits per heavy atom. The second-order valence-electron chi connectivity index (χ2n) is 6.76. The lowest BCUT2D eigenvalue weighted by Crippen LogP contribution is -2.50. The number of carbonyl (C=O) groups is 2. The second kappa shape index (κ2) is 8.71. The molecular formula is C22H27N3O2. The first-order valence-electron chi connectivity index (χ1n) is 9.66. The summed E-state index contributed by atoms with van der Waals surface area (Å²) in [5, 5.41) is 5.64. The van der Waals surface area contributed by atoms with Gasteiger partial charge in [0.1, 0.15) is 6.04 Å². The largest absolute Gasteiger partial charge is 0.372 e. The van der Waals surface area contributed by atoms with Gasteiger partial charge in [-0.3, -0.25) is 9.59 Å². The summed E-state index contributed by atoms with van der Waals surface area (Å²) < 4.78 is 0. The van der Waals surface area contributed by atoms with Gasteiger partial charge in [0.25, 0.3) is 5.91 Å². The quantitative estimate of drug-likeness (QED) is 0.826. The van der Waals surface area contributed by atoms with Gasteiger partial charge in [-0.1, -0.05) is 24.3 Å². The Bertz CT molecular complexity index is 797. The number of anilines is 1. The maximum Gasteiger partial charge on any atom is 0.251 e. The molecule has 1 atom stereocenters. The monoisotopic (exact) mass is 365 g/mol. The van der Waals surface area contributed by atoms with Crippen LogP contribution in [0.1, 0.15) is 37.0 Å². The molecule has 1 saturated heterocycles. The van der Waals surface area contributed by atoms with E-state index in [-0.39, 0.29) is 11.8 Å². The van der Waals surface area contributed by atoms with Crippen molar-refractivity contribution in [2.75, 3.05) is 24.5 Å². The fraction of sp³-hybridized carbons (Fsp3) is 0.364. The Morgan fingerprint density at radius 1 is 1.11 bits per heavy atom. The van der Waals surface area contributed by atoms with E-state index in [0.717, 1.165) is 30.6 Å². The molecule has 0 aromatic heterocycles. The molecular weight excluding hydrogens is 338 g/mol. The summed E-state index contributed by atoms with van der Waals surface area (Å²) in [5.74, 6) is -0.309. The van der Waals surface area contributed by atoms with Crippen molar-refractivity contribution >= 4 is 17.5 Å². The first-order valence-corrected chi connectivity index (χ1v) is 9.66. The average Bonchev–Trinajstić information content (AvgIpc) is 2.71. The summed E-state index contributed by atoms with van der Waals surface area (Å²) in [6, 6.07) is 15.5. The third-order valence-electron chi connectivity index (χ3n) is 5.04. The van der Waals surface area contributed by atoms with Crippen LogP contribution in [0, 0.1) is 0 Å². The second-order valence-corrected chi connectivity index (χ2v) is 6.76. The molecule has 0 unspecified atom stereocenters. The van der Waals surface area contributed by atoms with E-state index < -0.39 is 6.04 Å². The molecule has 2 aromatic carbocycles. The lowest BCUT2D eigenvalue weighted by atomic mass is 10.0. The van der Waals surface area contributed by atoms with Gasteiger partial charge in [-0.05, 0) is 62.1 Å². The Balaban J connectivity index is 1.75. The van der Waals surface area contributed by atoms with E-state index in [4.69, 9.17) is 0 Å². The molecule has 1 aliphatic heterocycles. The fourth-order valence-electron chi connectivity index (χ4n) is 3.44. The number of piperidine rings is 1. The van der Waals surface area contributed by atoms with E-state index in [2.05, 4.69) is 53.6 Å². The number of nitrogens with one attached hydrogen (secondary N) is 2. The highest BCUT2D eigenvalue weighted by atomic mass is 16.2. The van der Waals surface area contributed by atoms with Crippen LogP contribution in [-0.4, -0.2) is 37.5 Å². The molecule has 2 aromatic rings. The molecule has 1 heterocycles. The van der Waals surface area contributed by atoms with Gasteiger partial charge in [0.2, 0.25) is 5.91 Å². The van der Waals surface area contributed by atoms with Gasteiger partial charge in [0.15, 0.2) is 0 Å². The summed E-state index contributed by atoms with van der Waals surface area (Å²) in [6.07, 6.45) is 1.57. The fourth-order valence-corrected chi connectivity index (χ4v) is 3.44. The Labute approximate surface area is 160 Å². The first kappa shape index (κ1) is 19.0. The number of amides is 2. The van der Waals surface area contributed by atoms with E-state index in [1.54, 1.807) is 6.07 Å². The van der Waals surface area contributed by atoms with Gasteiger partial charge < -0.3 is 15.5 Å². The first-order chi connectivity index (χ1) is 13.1. The minimum absolute atomic E-state index is 0.0993. The van der Waals surface area contributed by atoms with Gasteiger partial charge in [-0.25, -0.2) is 0 Å². The SMILES string of the molecule is CCN(CC)c1ccc(-c2cccc(C(=O)N[C@H]3CCCNC3=O)c2)cc1. The van der Waals surface area contributed by atoms with Crippen LogP contribution in [0.15, 0.2) is 48.5 Å². The van der Waals surface area contributed by atoms with E-state index in [0.29, 0.717) is 18.5 Å². The van der Waals surface area contributed by atoms with Crippen molar-refractivity contribution in [2.45, 2.75) is 32.7 Å². The summed E-state index contributed by atoms with van der Waals surface area (Å²) in [7, 11) is 0. The van der Waals surface area contributed by atoms with Crippen LogP contribution in [0.3, 0.4) is 0 Å². The number of hydrogen-bond donors (Lipinski definition) is 2. The van der Waals surface area contributed by atoms with Crippen molar-refractivity contribution in [3.8, 4) is 11.1 Å². The van der Waals surface area contributed by atoms with Crippen molar-refractivity contribution < 1.29 is 9.59 Å². The highest BCUT2D eigenvalue weighted by Gasteiger charge is 2.24. The lowest BCUT2D eigenvalue weighted by molar-refractivity contribution is -0.124. The molecule has 0 saturated carbocycles. The van der Waals surface area contributed by atoms with Gasteiger partial charge in [0.05, 0.1) is 0 Å². The number of carbonyl (C=O) groups excluding carboxylic acids is 2. The van der Waals surface area contributed by atoms with Crippen LogP contribution in [0.4, 0.5) is 5.69 Å². The average molecular weight is 365 g/mol. The molecule has 0 bridgehead atoms. The van der Waals surface area contributed by atoms with E-state index >= 15 is 0 Å². The van der Waals surface area contributed by atoms with E-state index in [1.807, 2.05) is 18.2 Å². The van der Waals surface area contributed by atoms with Crippen LogP contribution in [0.2, 0.25) is 0 Å². The zero-order valence-corrected chi connectivity index (χ0v) is 16.0. The third kappa shape index (κ3) is 4.48. The molecule has 1 fully saturated rings. The summed E-state index contributed by atoms with van der Waals surface area (Å²) in [4.78, 5) is 26.7. The van der Waals surface area contributed by atoms with Crippen molar-refractivity contribution in [1.82, 2.24) is 10.6 Å². The summed E-state index contributed by atoms with van der Waals surface area (Å²) in [5.41, 5.74) is 3.82. The van der Waals surface area contributed by atoms with Gasteiger partial charge in [-0.15, -0.1) is 0 Å². The predicted molar refractivity (Wildman–Crippen MR) is 109 cm³/mol. The maximum atomic E-state index is 12.6. The van der Waals surface area contributed by atoms with Crippen molar-refractivity contribution in [3.05, 3.63) is 54.1 Å². The summed E-state index contributed by atoms with van der Waals surface area (Å²) >= 11 is 0. The third-order valence-corrected chi connectivity index (χ3v) is 5.04. The Morgan fingerprint density at radius 2 is 1.85 bits per heavy atom. The van der Waals surface area contributed by atoms with E-state index in [1.165, 1.54) is 5.69 Å². The zero-order valence-electron chi connectivity index (χ0n) is 16.0. The molecule has 1 aliphatic rings. The predicted octanol–water partition coefficient (Wildman–Crippen LogP) is 3.21. The van der Waals surface area contributed by atoms with Crippen molar-refractivity contribution in [3.63, 3.8) is 0 Å². The minimum atomic E-state index is -0.441. The van der Waals surface area contributed by atoms with Crippen LogP contribution in [-0.2, 0) is 4.79 Å². The molecule has 5 heteroatoms. The van der Waals surface area contributed by atoms with E-state index in [9.17, 15) is 9.59 Å². The standard InChI is InChI=1S/C22H27N3O2/c1-3-25(4-2)19-12-10-16(11-13-19)17-7-5-8-18(15-17)21(26)24-20-9-6-14-23-22(20)27/h5,7-8,10-13,15,20H,3-4,6,9,14H2,1-2H3,(H,23,27)(H,24,26)/t20-/m0/s1. The Hall–Kier alpha value is -2.82. The number of nitrogens with zero attached hydrogens (tertiary/aromatic N) is 1. The van der Waals surface area contributed by atoms with Crippen molar-refractivity contribution in [1.29, 1.82) is 0 Å². The highest BCUT2D eigenvalue weighted by molar-refractivity contribution is 5.98. The van der Waals surface area contributed by atoms with Crippen molar-refractivity contribution in [2.24, 2.45) is 0 Å². The van der Waals surface area contributed by atoms with Gasteiger partial charge in [0, 0.05) is 30.9 Å². The number of hydrogen-bond acceptors (Lipinski definition) is 3. The topological polar surface area (TPSA) is 61.4 Å². The van der Waals surface area contributed by atoms with Crippen LogP contribution < -0.4 is 15.5 Å². The molecule has 142 valence electrons. The molecule has 0 spiro atoms. The molecule has 5 nitrogen and oxygen atoms in total. The van der Waals surface area contributed by atoms with Crippen LogP contribution in [0.5, 0.6) is 0 Å². The zero-order chi connectivity index (χ0) is 19.2. The lowest BCUT2D eigenvalue weighted by Gasteiger charge is -2.23. The summed E-state index contributed by atoms with van der Waals surface area (Å²) in [6.45, 7) is 6.92. The number of benzene rings is 2. The highest BCUT2D eigenvalue weighted by Crippen LogP contribution is 2.24. The van der Waals surface area contributed by atoms with Gasteiger partial charge in [-0.2, -0.15) is 0 Å². The molecule has 3 rings (SSSR count). The molecule has 0 radical (unpaired) electrons. The molecule has 2 amide bonds. The van der Waals surface area contributed by atoms with Gasteiger partial charge >= 0.3 is 0 Å². The molecule has 2 N–H and O–H groups in total. The smallest absolute Gasteiger partial charge is 0.251 e.